The number of carboxylic acids is 1. The van der Waals surface area contributed by atoms with Gasteiger partial charge in [0.05, 0.1) is 19.7 Å². The number of carbonyl (C=O) groups excluding carboxylic acids is 2. The van der Waals surface area contributed by atoms with Crippen LogP contribution in [0.5, 0.6) is 5.75 Å². The zero-order valence-corrected chi connectivity index (χ0v) is 40.1. The molecule has 1 unspecified atom stereocenters. The fourth-order valence-electron chi connectivity index (χ4n) is 7.31. The molecule has 2 aromatic carbocycles. The maximum Gasteiger partial charge on any atom is 0.527 e. The molecule has 1 heterocycles. The van der Waals surface area contributed by atoms with Crippen LogP contribution in [-0.2, 0) is 37.2 Å². The summed E-state index contributed by atoms with van der Waals surface area (Å²) in [5, 5.41) is 14.7. The van der Waals surface area contributed by atoms with Crippen LogP contribution in [-0.4, -0.2) is 174 Å². The van der Waals surface area contributed by atoms with Crippen LogP contribution in [0.3, 0.4) is 0 Å². The third-order valence-electron chi connectivity index (χ3n) is 10.2. The predicted octanol–water partition coefficient (Wildman–Crippen LogP) is 1.48. The molecular formula is C37H62N6O17P4. The molecule has 2 aromatic rings. The van der Waals surface area contributed by atoms with Gasteiger partial charge in [0.1, 0.15) is 30.6 Å². The molecule has 362 valence electrons. The average Bonchev–Trinajstić information content (AvgIpc) is 3.13. The highest BCUT2D eigenvalue weighted by Crippen LogP contribution is 2.46. The maximum absolute atomic E-state index is 13.2. The molecule has 64 heavy (non-hydrogen) atoms. The van der Waals surface area contributed by atoms with Crippen LogP contribution in [0.1, 0.15) is 40.7 Å². The van der Waals surface area contributed by atoms with Crippen molar-refractivity contribution in [2.24, 2.45) is 0 Å². The van der Waals surface area contributed by atoms with Crippen molar-refractivity contribution in [1.82, 2.24) is 30.2 Å². The van der Waals surface area contributed by atoms with Crippen LogP contribution in [0.25, 0.3) is 11.1 Å². The van der Waals surface area contributed by atoms with Crippen LogP contribution < -0.4 is 15.2 Å². The lowest BCUT2D eigenvalue weighted by atomic mass is 9.90. The number of carboxylic acid groups (broad SMARTS) is 1. The fourth-order valence-corrected chi connectivity index (χ4v) is 9.74. The molecule has 2 atom stereocenters. The van der Waals surface area contributed by atoms with Crippen molar-refractivity contribution in [3.8, 4) is 16.9 Å². The van der Waals surface area contributed by atoms with E-state index in [0.717, 1.165) is 33.4 Å². The Morgan fingerprint density at radius 1 is 0.641 bits per heavy atom. The molecule has 0 aliphatic carbocycles. The number of phosphoric ester groups is 1. The van der Waals surface area contributed by atoms with Crippen molar-refractivity contribution in [3.05, 3.63) is 52.1 Å². The first-order chi connectivity index (χ1) is 29.5. The van der Waals surface area contributed by atoms with Gasteiger partial charge in [0.25, 0.3) is 0 Å². The Kier molecular flexibility index (Phi) is 21.0. The van der Waals surface area contributed by atoms with Gasteiger partial charge >= 0.3 is 36.6 Å². The van der Waals surface area contributed by atoms with E-state index in [1.165, 1.54) is 19.6 Å². The van der Waals surface area contributed by atoms with Crippen LogP contribution in [0, 0.1) is 34.6 Å². The van der Waals surface area contributed by atoms with E-state index in [-0.39, 0.29) is 70.9 Å². The van der Waals surface area contributed by atoms with Gasteiger partial charge < -0.3 is 49.6 Å². The summed E-state index contributed by atoms with van der Waals surface area (Å²) in [4.78, 5) is 111. The predicted molar refractivity (Wildman–Crippen MR) is 236 cm³/mol. The third kappa shape index (κ3) is 20.3. The molecule has 0 aromatic heterocycles. The molecule has 27 heteroatoms. The molecule has 1 fully saturated rings. The van der Waals surface area contributed by atoms with Gasteiger partial charge in [0.2, 0.25) is 11.8 Å². The molecule has 2 amide bonds. The quantitative estimate of drug-likeness (QED) is 0.0663. The van der Waals surface area contributed by atoms with Crippen LogP contribution in [0.15, 0.2) is 24.3 Å². The van der Waals surface area contributed by atoms with Gasteiger partial charge in [-0.1, -0.05) is 17.7 Å². The molecule has 1 saturated heterocycles. The van der Waals surface area contributed by atoms with Gasteiger partial charge in [-0.3, -0.25) is 57.1 Å². The SMILES string of the molecule is Cc1cc(C)c(-c2cc(C)c(OP(=O)(O)OCCC[C@H](C(=O)O)N3CCN(CC(=O)NCP(=O)(O)O)CCN(CP(=O)(O)O)CCN(CC(=O)NCP(=O)(O)O)CC3)cc2C)c(C)c1. The second kappa shape index (κ2) is 24.2. The standard InChI is InChI=1S/C37H62N6O17P4/c1-26-17-29(4)36(30(5)18-26)31-19-28(3)33(20-27(31)2)60-64(57,58)59-16-6-7-32(37(46)47)43-14-12-40(21-34(44)38-23-61(48,49)50)8-10-42(25-63(54,55)56)11-9-41(13-15-43)22-35(45)39-24-62(51,52)53/h17-20,32H,6-16,21-25H2,1-5H3,(H,38,44)(H,39,45)(H,46,47)(H,57,58)(H2,48,49,50)(H2,51,52,53)(H2,54,55,56)/t32-/m1/s1. The topological polar surface area (TPSA) is 337 Å². The van der Waals surface area contributed by atoms with E-state index in [1.807, 2.05) is 33.8 Å². The van der Waals surface area contributed by atoms with Gasteiger partial charge in [-0.25, -0.2) is 4.57 Å². The molecule has 1 aliphatic rings. The molecule has 10 N–H and O–H groups in total. The molecule has 0 radical (unpaired) electrons. The number of carbonyl (C=O) groups is 3. The number of nitrogens with zero attached hydrogens (tertiary/aromatic N) is 4. The summed E-state index contributed by atoms with van der Waals surface area (Å²) in [6.07, 6.45) is -2.77. The van der Waals surface area contributed by atoms with E-state index >= 15 is 0 Å². The Morgan fingerprint density at radius 3 is 1.56 bits per heavy atom. The van der Waals surface area contributed by atoms with E-state index in [9.17, 15) is 72.0 Å². The van der Waals surface area contributed by atoms with Crippen molar-refractivity contribution >= 4 is 48.4 Å². The lowest BCUT2D eigenvalue weighted by molar-refractivity contribution is -0.144. The lowest BCUT2D eigenvalue weighted by Gasteiger charge is -2.36. The van der Waals surface area contributed by atoms with Gasteiger partial charge in [-0.15, -0.1) is 0 Å². The number of aliphatic carboxylic acids is 1. The number of rotatable bonds is 20. The zero-order chi connectivity index (χ0) is 48.2. The Morgan fingerprint density at radius 2 is 1.11 bits per heavy atom. The molecule has 1 aliphatic heterocycles. The Labute approximate surface area is 372 Å². The van der Waals surface area contributed by atoms with Gasteiger partial charge in [-0.2, -0.15) is 0 Å². The maximum atomic E-state index is 13.2. The summed E-state index contributed by atoms with van der Waals surface area (Å²) in [5.74, 6) is -2.72. The van der Waals surface area contributed by atoms with Crippen molar-refractivity contribution in [1.29, 1.82) is 0 Å². The van der Waals surface area contributed by atoms with E-state index in [2.05, 4.69) is 22.8 Å². The number of amides is 2. The summed E-state index contributed by atoms with van der Waals surface area (Å²) in [6.45, 7) is 8.07. The second-order valence-corrected chi connectivity index (χ2v) is 22.2. The van der Waals surface area contributed by atoms with E-state index in [0.29, 0.717) is 5.56 Å². The molecule has 0 saturated carbocycles. The van der Waals surface area contributed by atoms with E-state index in [1.54, 1.807) is 13.0 Å². The van der Waals surface area contributed by atoms with Crippen LogP contribution >= 0.6 is 30.6 Å². The number of nitrogens with one attached hydrogen (secondary N) is 2. The minimum atomic E-state index is -4.72. The van der Waals surface area contributed by atoms with Crippen LogP contribution in [0.4, 0.5) is 0 Å². The second-order valence-electron chi connectivity index (χ2n) is 16.0. The van der Waals surface area contributed by atoms with Crippen molar-refractivity contribution in [2.45, 2.75) is 53.5 Å². The first-order valence-corrected chi connectivity index (χ1v) is 27.1. The minimum Gasteiger partial charge on any atom is -0.480 e. The van der Waals surface area contributed by atoms with Gasteiger partial charge in [-0.05, 0) is 93.0 Å². The summed E-state index contributed by atoms with van der Waals surface area (Å²) in [5.41, 5.74) is 6.63. The van der Waals surface area contributed by atoms with Gasteiger partial charge in [0.15, 0.2) is 0 Å². The Bertz CT molecular complexity index is 2070. The minimum absolute atomic E-state index is 0.0235. The van der Waals surface area contributed by atoms with Gasteiger partial charge in [0, 0.05) is 52.4 Å². The lowest BCUT2D eigenvalue weighted by Crippen LogP contribution is -2.52. The number of hydrogen-bond acceptors (Lipinski definition) is 13. The van der Waals surface area contributed by atoms with E-state index < -0.39 is 93.0 Å². The first-order valence-electron chi connectivity index (χ1n) is 20.2. The summed E-state index contributed by atoms with van der Waals surface area (Å²) < 4.78 is 58.7. The van der Waals surface area contributed by atoms with Crippen molar-refractivity contribution in [3.63, 3.8) is 0 Å². The van der Waals surface area contributed by atoms with Crippen LogP contribution in [0.2, 0.25) is 0 Å². The highest BCUT2D eigenvalue weighted by molar-refractivity contribution is 7.52. The summed E-state index contributed by atoms with van der Waals surface area (Å²) in [7, 11) is -18.6. The Hall–Kier alpha value is -2.91. The number of phosphoric acid groups is 1. The van der Waals surface area contributed by atoms with Crippen molar-refractivity contribution < 1.29 is 81.1 Å². The molecular weight excluding hydrogens is 924 g/mol. The first kappa shape index (κ1) is 55.4. The molecule has 0 bridgehead atoms. The highest BCUT2D eigenvalue weighted by Gasteiger charge is 2.31. The summed E-state index contributed by atoms with van der Waals surface area (Å²) >= 11 is 0. The average molecular weight is 987 g/mol. The van der Waals surface area contributed by atoms with Crippen molar-refractivity contribution in [2.75, 3.05) is 90.9 Å². The molecule has 23 nitrogen and oxygen atoms in total. The highest BCUT2D eigenvalue weighted by atomic mass is 31.2. The number of benzene rings is 2. The number of hydrogen-bond donors (Lipinski definition) is 10. The third-order valence-corrected chi connectivity index (χ3v) is 13.1. The number of aryl methyl sites for hydroxylation is 5. The molecule has 0 spiro atoms. The smallest absolute Gasteiger partial charge is 0.480 e. The normalized spacial score (nSPS) is 17.4. The monoisotopic (exact) mass is 986 g/mol. The fraction of sp³-hybridized carbons (Fsp3) is 0.595. The largest absolute Gasteiger partial charge is 0.527 e. The zero-order valence-electron chi connectivity index (χ0n) is 36.5. The summed E-state index contributed by atoms with van der Waals surface area (Å²) in [6, 6.07) is 6.41. The van der Waals surface area contributed by atoms with E-state index in [4.69, 9.17) is 9.05 Å². The molecule has 3 rings (SSSR count). The Balaban J connectivity index is 1.81.